The zero-order valence-corrected chi connectivity index (χ0v) is 23.3. The lowest BCUT2D eigenvalue weighted by Crippen LogP contribution is -2.42. The molecule has 14 heteroatoms. The summed E-state index contributed by atoms with van der Waals surface area (Å²) in [7, 11) is -7.68. The number of urea groups is 1. The number of nitrogens with one attached hydrogen (secondary N) is 1. The van der Waals surface area contributed by atoms with E-state index in [-0.39, 0.29) is 30.6 Å². The van der Waals surface area contributed by atoms with Crippen molar-refractivity contribution < 1.29 is 34.8 Å². The van der Waals surface area contributed by atoms with Crippen LogP contribution in [0.25, 0.3) is 0 Å². The van der Waals surface area contributed by atoms with Gasteiger partial charge in [-0.25, -0.2) is 26.4 Å². The molecule has 2 heterocycles. The first-order valence-corrected chi connectivity index (χ1v) is 15.8. The third kappa shape index (κ3) is 6.85. The minimum Gasteiger partial charge on any atom is -0.324 e. The number of rotatable bonds is 9. The smallest absolute Gasteiger partial charge is 0.324 e. The quantitative estimate of drug-likeness (QED) is 0.466. The summed E-state index contributed by atoms with van der Waals surface area (Å²) in [6.45, 7) is 4.49. The van der Waals surface area contributed by atoms with Gasteiger partial charge in [-0.3, -0.25) is 4.90 Å². The largest absolute Gasteiger partial charge is 0.416 e. The number of carbonyl (C=O) groups is 1. The van der Waals surface area contributed by atoms with Crippen molar-refractivity contribution in [1.82, 2.24) is 13.9 Å². The number of likely N-dealkylation sites (tertiary alicyclic amines) is 1. The van der Waals surface area contributed by atoms with Gasteiger partial charge in [0.2, 0.25) is 20.0 Å². The van der Waals surface area contributed by atoms with Crippen molar-refractivity contribution in [3.8, 4) is 0 Å². The molecular weight excluding hydrogens is 569 g/mol. The first kappa shape index (κ1) is 30.0. The number of hydrogen-bond donors (Lipinski definition) is 1. The Bertz CT molecular complexity index is 1420. The summed E-state index contributed by atoms with van der Waals surface area (Å²) >= 11 is 0. The summed E-state index contributed by atoms with van der Waals surface area (Å²) in [6, 6.07) is 9.44. The van der Waals surface area contributed by atoms with Crippen LogP contribution in [0, 0.1) is 0 Å². The molecule has 0 bridgehead atoms. The number of nitrogens with zero attached hydrogens (tertiary/aromatic N) is 3. The van der Waals surface area contributed by atoms with E-state index in [1.165, 1.54) is 45.6 Å². The highest BCUT2D eigenvalue weighted by molar-refractivity contribution is 7.92. The number of alkyl halides is 3. The van der Waals surface area contributed by atoms with Gasteiger partial charge in [-0.15, -0.1) is 0 Å². The average molecular weight is 601 g/mol. The molecule has 1 atom stereocenters. The number of amides is 2. The van der Waals surface area contributed by atoms with Crippen LogP contribution in [-0.2, 0) is 32.8 Å². The predicted molar refractivity (Wildman–Crippen MR) is 144 cm³/mol. The number of anilines is 1. The van der Waals surface area contributed by atoms with Crippen LogP contribution in [0.1, 0.15) is 36.8 Å². The molecule has 2 aromatic carbocycles. The molecule has 0 spiro atoms. The van der Waals surface area contributed by atoms with Gasteiger partial charge in [0.15, 0.2) is 0 Å². The van der Waals surface area contributed by atoms with Crippen molar-refractivity contribution in [3.05, 3.63) is 71.6 Å². The first-order valence-electron chi connectivity index (χ1n) is 12.8. The van der Waals surface area contributed by atoms with Crippen LogP contribution < -0.4 is 9.62 Å². The van der Waals surface area contributed by atoms with Crippen molar-refractivity contribution in [2.45, 2.75) is 49.3 Å². The molecule has 4 rings (SSSR count). The maximum absolute atomic E-state index is 13.4. The Morgan fingerprint density at radius 3 is 2.17 bits per heavy atom. The molecule has 9 nitrogen and oxygen atoms in total. The molecule has 2 amide bonds. The minimum atomic E-state index is -4.48. The molecule has 40 heavy (non-hydrogen) atoms. The highest BCUT2D eigenvalue weighted by Gasteiger charge is 2.36. The van der Waals surface area contributed by atoms with Gasteiger partial charge in [-0.1, -0.05) is 18.7 Å². The van der Waals surface area contributed by atoms with Crippen molar-refractivity contribution >= 4 is 31.8 Å². The summed E-state index contributed by atoms with van der Waals surface area (Å²) in [5.41, 5.74) is 0.0901. The van der Waals surface area contributed by atoms with Crippen molar-refractivity contribution in [2.75, 3.05) is 31.1 Å². The standard InChI is InChI=1S/C26H31F3N4O5S2/c1-2-39(35,36)30-18-23-6-5-17-33(23)40(37,38)24-13-11-22(12-14-24)32(25(34)31-15-3-4-16-31)19-20-7-9-21(10-8-20)26(27,28)29/h2,7-14,23,30H,1,3-6,15-19H2. The number of carbonyl (C=O) groups excluding carboxylic acids is 1. The van der Waals surface area contributed by atoms with Gasteiger partial charge in [0, 0.05) is 43.3 Å². The second-order valence-corrected chi connectivity index (χ2v) is 13.3. The Labute approximate surface area is 232 Å². The lowest BCUT2D eigenvalue weighted by molar-refractivity contribution is -0.137. The molecule has 0 aromatic heterocycles. The van der Waals surface area contributed by atoms with Crippen LogP contribution in [-0.4, -0.2) is 64.3 Å². The molecule has 2 aliphatic heterocycles. The second-order valence-electron chi connectivity index (χ2n) is 9.72. The Hall–Kier alpha value is -2.94. The fourth-order valence-electron chi connectivity index (χ4n) is 4.86. The highest BCUT2D eigenvalue weighted by atomic mass is 32.2. The van der Waals surface area contributed by atoms with E-state index < -0.39 is 37.8 Å². The topological polar surface area (TPSA) is 107 Å². The van der Waals surface area contributed by atoms with E-state index in [1.807, 2.05) is 0 Å². The van der Waals surface area contributed by atoms with Crippen LogP contribution in [0.5, 0.6) is 0 Å². The fourth-order valence-corrected chi connectivity index (χ4v) is 7.10. The second kappa shape index (κ2) is 11.9. The molecule has 0 saturated carbocycles. The molecule has 1 N–H and O–H groups in total. The van der Waals surface area contributed by atoms with Crippen LogP contribution in [0.2, 0.25) is 0 Å². The van der Waals surface area contributed by atoms with Gasteiger partial charge in [0.25, 0.3) is 0 Å². The molecule has 0 radical (unpaired) electrons. The van der Waals surface area contributed by atoms with Crippen molar-refractivity contribution in [1.29, 1.82) is 0 Å². The lowest BCUT2D eigenvalue weighted by Gasteiger charge is -2.29. The monoisotopic (exact) mass is 600 g/mol. The highest BCUT2D eigenvalue weighted by Crippen LogP contribution is 2.31. The summed E-state index contributed by atoms with van der Waals surface area (Å²) in [6.07, 6.45) is -1.73. The lowest BCUT2D eigenvalue weighted by atomic mass is 10.1. The van der Waals surface area contributed by atoms with Crippen molar-refractivity contribution in [3.63, 3.8) is 0 Å². The van der Waals surface area contributed by atoms with Crippen LogP contribution in [0.15, 0.2) is 65.4 Å². The SMILES string of the molecule is C=CS(=O)(=O)NCC1CCCN1S(=O)(=O)c1ccc(N(Cc2ccc(C(F)(F)F)cc2)C(=O)N2CCCC2)cc1. The number of halogens is 3. The summed E-state index contributed by atoms with van der Waals surface area (Å²) in [5, 5.41) is 0.763. The fraction of sp³-hybridized carbons (Fsp3) is 0.423. The zero-order chi connectivity index (χ0) is 29.1. The number of benzene rings is 2. The van der Waals surface area contributed by atoms with Crippen molar-refractivity contribution in [2.24, 2.45) is 0 Å². The molecule has 2 aliphatic rings. The molecule has 2 fully saturated rings. The first-order chi connectivity index (χ1) is 18.8. The van der Waals surface area contributed by atoms with Gasteiger partial charge >= 0.3 is 12.2 Å². The van der Waals surface area contributed by atoms with E-state index in [2.05, 4.69) is 11.3 Å². The molecule has 2 saturated heterocycles. The molecular formula is C26H31F3N4O5S2. The molecule has 2 aromatic rings. The minimum absolute atomic E-state index is 0.00276. The van der Waals surface area contributed by atoms with E-state index in [0.717, 1.165) is 30.4 Å². The van der Waals surface area contributed by atoms with E-state index in [9.17, 15) is 34.8 Å². The predicted octanol–water partition coefficient (Wildman–Crippen LogP) is 4.14. The molecule has 218 valence electrons. The Morgan fingerprint density at radius 1 is 0.975 bits per heavy atom. The normalized spacial score (nSPS) is 18.7. The number of sulfonamides is 2. The molecule has 1 unspecified atom stereocenters. The van der Waals surface area contributed by atoms with Gasteiger partial charge in [-0.05, 0) is 67.6 Å². The Balaban J connectivity index is 1.56. The number of hydrogen-bond acceptors (Lipinski definition) is 5. The third-order valence-electron chi connectivity index (χ3n) is 7.05. The zero-order valence-electron chi connectivity index (χ0n) is 21.7. The van der Waals surface area contributed by atoms with Crippen LogP contribution >= 0.6 is 0 Å². The maximum Gasteiger partial charge on any atom is 0.416 e. The Kier molecular flexibility index (Phi) is 8.93. The van der Waals surface area contributed by atoms with Gasteiger partial charge < -0.3 is 4.90 Å². The van der Waals surface area contributed by atoms with Gasteiger partial charge in [0.05, 0.1) is 17.0 Å². The maximum atomic E-state index is 13.4. The van der Waals surface area contributed by atoms with E-state index in [4.69, 9.17) is 0 Å². The van der Waals surface area contributed by atoms with Crippen LogP contribution in [0.4, 0.5) is 23.7 Å². The average Bonchev–Trinajstić information content (AvgIpc) is 3.63. The van der Waals surface area contributed by atoms with E-state index in [1.54, 1.807) is 4.90 Å². The summed E-state index contributed by atoms with van der Waals surface area (Å²) < 4.78 is 92.9. The van der Waals surface area contributed by atoms with E-state index in [0.29, 0.717) is 37.2 Å². The summed E-state index contributed by atoms with van der Waals surface area (Å²) in [4.78, 5) is 16.4. The molecule has 0 aliphatic carbocycles. The van der Waals surface area contributed by atoms with E-state index >= 15 is 0 Å². The van der Waals surface area contributed by atoms with Gasteiger partial charge in [-0.2, -0.15) is 17.5 Å². The third-order valence-corrected chi connectivity index (χ3v) is 10.0. The summed E-state index contributed by atoms with van der Waals surface area (Å²) in [5.74, 6) is 0. The van der Waals surface area contributed by atoms with Crippen LogP contribution in [0.3, 0.4) is 0 Å². The Morgan fingerprint density at radius 2 is 1.60 bits per heavy atom. The van der Waals surface area contributed by atoms with Gasteiger partial charge in [0.1, 0.15) is 0 Å².